The zero-order valence-corrected chi connectivity index (χ0v) is 9.17. The molecule has 1 aromatic rings. The Hall–Kier alpha value is -2.11. The van der Waals surface area contributed by atoms with Crippen molar-refractivity contribution >= 4 is 17.7 Å². The molecular formula is C11H13N3O3. The molecule has 0 saturated carbocycles. The SMILES string of the molecule is NC(=O)C1CCCN1c1ccc(C(=O)O)cn1. The van der Waals surface area contributed by atoms with Crippen LogP contribution in [0.2, 0.25) is 0 Å². The van der Waals surface area contributed by atoms with Gasteiger partial charge in [0.15, 0.2) is 0 Å². The van der Waals surface area contributed by atoms with E-state index in [4.69, 9.17) is 10.8 Å². The highest BCUT2D eigenvalue weighted by Crippen LogP contribution is 2.23. The highest BCUT2D eigenvalue weighted by molar-refractivity contribution is 5.87. The molecule has 2 rings (SSSR count). The van der Waals surface area contributed by atoms with Crippen LogP contribution in [0.25, 0.3) is 0 Å². The Morgan fingerprint density at radius 1 is 1.47 bits per heavy atom. The molecule has 3 N–H and O–H groups in total. The third-order valence-electron chi connectivity index (χ3n) is 2.87. The van der Waals surface area contributed by atoms with Gasteiger partial charge >= 0.3 is 5.97 Å². The van der Waals surface area contributed by atoms with Crippen LogP contribution in [0.4, 0.5) is 5.82 Å². The highest BCUT2D eigenvalue weighted by atomic mass is 16.4. The van der Waals surface area contributed by atoms with Gasteiger partial charge < -0.3 is 15.7 Å². The van der Waals surface area contributed by atoms with E-state index in [1.165, 1.54) is 12.3 Å². The predicted octanol–water partition coefficient (Wildman–Crippen LogP) is 0.234. The second kappa shape index (κ2) is 4.40. The van der Waals surface area contributed by atoms with Crippen LogP contribution in [-0.2, 0) is 4.79 Å². The van der Waals surface area contributed by atoms with Crippen molar-refractivity contribution in [1.29, 1.82) is 0 Å². The standard InChI is InChI=1S/C11H13N3O3/c12-10(15)8-2-1-5-14(8)9-4-3-7(6-13-9)11(16)17/h3-4,6,8H,1-2,5H2,(H2,12,15)(H,16,17). The molecule has 17 heavy (non-hydrogen) atoms. The molecule has 6 heteroatoms. The first-order valence-electron chi connectivity index (χ1n) is 5.35. The number of pyridine rings is 1. The zero-order valence-electron chi connectivity index (χ0n) is 9.17. The number of primary amides is 1. The zero-order chi connectivity index (χ0) is 12.4. The van der Waals surface area contributed by atoms with Gasteiger partial charge in [-0.05, 0) is 25.0 Å². The molecule has 1 unspecified atom stereocenters. The van der Waals surface area contributed by atoms with Crippen molar-refractivity contribution in [2.24, 2.45) is 5.73 Å². The van der Waals surface area contributed by atoms with Gasteiger partial charge in [-0.1, -0.05) is 0 Å². The monoisotopic (exact) mass is 235 g/mol. The minimum absolute atomic E-state index is 0.128. The average Bonchev–Trinajstić information content (AvgIpc) is 2.78. The number of nitrogens with two attached hydrogens (primary N) is 1. The number of aromatic nitrogens is 1. The second-order valence-electron chi connectivity index (χ2n) is 3.96. The maximum atomic E-state index is 11.2. The maximum absolute atomic E-state index is 11.2. The van der Waals surface area contributed by atoms with Crippen LogP contribution in [0.1, 0.15) is 23.2 Å². The second-order valence-corrected chi connectivity index (χ2v) is 3.96. The fraction of sp³-hybridized carbons (Fsp3) is 0.364. The van der Waals surface area contributed by atoms with E-state index in [2.05, 4.69) is 4.98 Å². The molecule has 1 amide bonds. The van der Waals surface area contributed by atoms with Crippen LogP contribution in [0.5, 0.6) is 0 Å². The molecule has 0 bridgehead atoms. The molecule has 2 heterocycles. The Morgan fingerprint density at radius 3 is 2.76 bits per heavy atom. The first-order valence-corrected chi connectivity index (χ1v) is 5.35. The molecule has 6 nitrogen and oxygen atoms in total. The molecule has 90 valence electrons. The lowest BCUT2D eigenvalue weighted by molar-refractivity contribution is -0.119. The van der Waals surface area contributed by atoms with Gasteiger partial charge in [-0.3, -0.25) is 4.79 Å². The molecule has 1 atom stereocenters. The summed E-state index contributed by atoms with van der Waals surface area (Å²) in [6.07, 6.45) is 2.89. The molecule has 1 fully saturated rings. The number of carboxylic acids is 1. The molecule has 1 aliphatic rings. The number of hydrogen-bond donors (Lipinski definition) is 2. The van der Waals surface area contributed by atoms with Gasteiger partial charge in [-0.15, -0.1) is 0 Å². The van der Waals surface area contributed by atoms with Crippen molar-refractivity contribution in [3.8, 4) is 0 Å². The van der Waals surface area contributed by atoms with Crippen molar-refractivity contribution in [2.75, 3.05) is 11.4 Å². The summed E-state index contributed by atoms with van der Waals surface area (Å²) < 4.78 is 0. The number of aromatic carboxylic acids is 1. The number of amides is 1. The van der Waals surface area contributed by atoms with Crippen LogP contribution in [0.3, 0.4) is 0 Å². The Morgan fingerprint density at radius 2 is 2.24 bits per heavy atom. The molecule has 0 radical (unpaired) electrons. The molecular weight excluding hydrogens is 222 g/mol. The van der Waals surface area contributed by atoms with E-state index >= 15 is 0 Å². The van der Waals surface area contributed by atoms with E-state index in [0.717, 1.165) is 12.8 Å². The summed E-state index contributed by atoms with van der Waals surface area (Å²) in [6.45, 7) is 0.715. The number of carbonyl (C=O) groups excluding carboxylic acids is 1. The lowest BCUT2D eigenvalue weighted by Crippen LogP contribution is -2.40. The number of anilines is 1. The fourth-order valence-corrected chi connectivity index (χ4v) is 2.02. The number of rotatable bonds is 3. The van der Waals surface area contributed by atoms with Crippen molar-refractivity contribution in [2.45, 2.75) is 18.9 Å². The van der Waals surface area contributed by atoms with Crippen LogP contribution < -0.4 is 10.6 Å². The smallest absolute Gasteiger partial charge is 0.337 e. The Balaban J connectivity index is 2.22. The summed E-state index contributed by atoms with van der Waals surface area (Å²) in [5, 5.41) is 8.75. The third-order valence-corrected chi connectivity index (χ3v) is 2.87. The lowest BCUT2D eigenvalue weighted by Gasteiger charge is -2.22. The molecule has 1 saturated heterocycles. The van der Waals surface area contributed by atoms with Gasteiger partial charge in [0.25, 0.3) is 0 Å². The minimum atomic E-state index is -1.02. The molecule has 1 aliphatic heterocycles. The highest BCUT2D eigenvalue weighted by Gasteiger charge is 2.29. The topological polar surface area (TPSA) is 96.5 Å². The van der Waals surface area contributed by atoms with E-state index in [-0.39, 0.29) is 17.5 Å². The lowest BCUT2D eigenvalue weighted by atomic mass is 10.2. The van der Waals surface area contributed by atoms with E-state index in [1.54, 1.807) is 6.07 Å². The summed E-state index contributed by atoms with van der Waals surface area (Å²) in [6, 6.07) is 2.74. The largest absolute Gasteiger partial charge is 0.478 e. The van der Waals surface area contributed by atoms with Gasteiger partial charge in [0.05, 0.1) is 5.56 Å². The van der Waals surface area contributed by atoms with Crippen LogP contribution in [0, 0.1) is 0 Å². The summed E-state index contributed by atoms with van der Waals surface area (Å²) >= 11 is 0. The quantitative estimate of drug-likeness (QED) is 0.781. The maximum Gasteiger partial charge on any atom is 0.337 e. The first-order chi connectivity index (χ1) is 8.09. The van der Waals surface area contributed by atoms with E-state index in [0.29, 0.717) is 12.4 Å². The molecule has 0 aliphatic carbocycles. The predicted molar refractivity (Wildman–Crippen MR) is 60.8 cm³/mol. The van der Waals surface area contributed by atoms with Crippen molar-refractivity contribution in [3.63, 3.8) is 0 Å². The van der Waals surface area contributed by atoms with Gasteiger partial charge in [-0.2, -0.15) is 0 Å². The van der Waals surface area contributed by atoms with Gasteiger partial charge in [0, 0.05) is 12.7 Å². The third kappa shape index (κ3) is 2.20. The van der Waals surface area contributed by atoms with Crippen LogP contribution in [0.15, 0.2) is 18.3 Å². The Kier molecular flexibility index (Phi) is 2.95. The summed E-state index contributed by atoms with van der Waals surface area (Å²) in [7, 11) is 0. The Labute approximate surface area is 98.1 Å². The summed E-state index contributed by atoms with van der Waals surface area (Å²) in [4.78, 5) is 27.8. The molecule has 1 aromatic heterocycles. The van der Waals surface area contributed by atoms with Gasteiger partial charge in [0.2, 0.25) is 5.91 Å². The Bertz CT molecular complexity index is 444. The first kappa shape index (κ1) is 11.4. The van der Waals surface area contributed by atoms with E-state index < -0.39 is 5.97 Å². The summed E-state index contributed by atoms with van der Waals surface area (Å²) in [5.74, 6) is -0.792. The number of carbonyl (C=O) groups is 2. The summed E-state index contributed by atoms with van der Waals surface area (Å²) in [5.41, 5.74) is 5.43. The molecule has 0 spiro atoms. The fourth-order valence-electron chi connectivity index (χ4n) is 2.02. The van der Waals surface area contributed by atoms with Gasteiger partial charge in [-0.25, -0.2) is 9.78 Å². The number of hydrogen-bond acceptors (Lipinski definition) is 4. The van der Waals surface area contributed by atoms with Crippen LogP contribution >= 0.6 is 0 Å². The number of nitrogens with zero attached hydrogens (tertiary/aromatic N) is 2. The molecule has 0 aromatic carbocycles. The average molecular weight is 235 g/mol. The van der Waals surface area contributed by atoms with Crippen LogP contribution in [-0.4, -0.2) is 34.6 Å². The van der Waals surface area contributed by atoms with Crippen molar-refractivity contribution in [3.05, 3.63) is 23.9 Å². The minimum Gasteiger partial charge on any atom is -0.478 e. The van der Waals surface area contributed by atoms with E-state index in [9.17, 15) is 9.59 Å². The normalized spacial score (nSPS) is 19.3. The number of carboxylic acid groups (broad SMARTS) is 1. The van der Waals surface area contributed by atoms with Crippen molar-refractivity contribution < 1.29 is 14.7 Å². The van der Waals surface area contributed by atoms with E-state index in [1.807, 2.05) is 4.90 Å². The van der Waals surface area contributed by atoms with Gasteiger partial charge in [0.1, 0.15) is 11.9 Å². The van der Waals surface area contributed by atoms with Crippen molar-refractivity contribution in [1.82, 2.24) is 4.98 Å².